The Bertz CT molecular complexity index is 1210. The van der Waals surface area contributed by atoms with Gasteiger partial charge in [0.25, 0.3) is 11.7 Å². The molecule has 3 aromatic rings. The van der Waals surface area contributed by atoms with Gasteiger partial charge in [-0.15, -0.1) is 0 Å². The predicted octanol–water partition coefficient (Wildman–Crippen LogP) is 4.50. The van der Waals surface area contributed by atoms with Crippen LogP contribution in [-0.2, 0) is 16.1 Å². The molecule has 8 heteroatoms. The summed E-state index contributed by atoms with van der Waals surface area (Å²) < 4.78 is 19.2. The summed E-state index contributed by atoms with van der Waals surface area (Å²) >= 11 is 6.01. The van der Waals surface area contributed by atoms with Gasteiger partial charge in [-0.2, -0.15) is 0 Å². The van der Waals surface area contributed by atoms with Crippen molar-refractivity contribution in [3.8, 4) is 5.75 Å². The summed E-state index contributed by atoms with van der Waals surface area (Å²) in [6, 6.07) is 13.1. The molecule has 0 radical (unpaired) electrons. The number of aromatic nitrogens is 1. The zero-order chi connectivity index (χ0) is 22.8. The van der Waals surface area contributed by atoms with E-state index in [1.165, 1.54) is 24.1 Å². The maximum Gasteiger partial charge on any atom is 0.295 e. The van der Waals surface area contributed by atoms with E-state index >= 15 is 0 Å². The number of amides is 1. The molecule has 2 heterocycles. The van der Waals surface area contributed by atoms with Gasteiger partial charge in [0.2, 0.25) is 0 Å². The van der Waals surface area contributed by atoms with E-state index in [0.717, 1.165) is 6.07 Å². The lowest BCUT2D eigenvalue weighted by molar-refractivity contribution is -0.140. The third kappa shape index (κ3) is 3.94. The number of likely N-dealkylation sites (tertiary alicyclic amines) is 1. The number of ether oxygens (including phenoxy) is 1. The van der Waals surface area contributed by atoms with Crippen LogP contribution in [0.2, 0.25) is 5.02 Å². The van der Waals surface area contributed by atoms with Crippen LogP contribution in [0.1, 0.15) is 22.7 Å². The molecule has 0 spiro atoms. The zero-order valence-electron chi connectivity index (χ0n) is 17.0. The molecule has 2 aromatic carbocycles. The number of carbonyl (C=O) groups excluding carboxylic acids is 2. The highest BCUT2D eigenvalue weighted by atomic mass is 35.5. The highest BCUT2D eigenvalue weighted by Crippen LogP contribution is 2.40. The highest BCUT2D eigenvalue weighted by Gasteiger charge is 2.46. The fourth-order valence-electron chi connectivity index (χ4n) is 3.69. The number of hydrogen-bond acceptors (Lipinski definition) is 5. The van der Waals surface area contributed by atoms with Gasteiger partial charge in [-0.3, -0.25) is 14.6 Å². The third-order valence-electron chi connectivity index (χ3n) is 5.23. The maximum absolute atomic E-state index is 14.3. The second-order valence-electron chi connectivity index (χ2n) is 7.19. The minimum atomic E-state index is -0.891. The van der Waals surface area contributed by atoms with Crippen LogP contribution >= 0.6 is 11.6 Å². The molecule has 1 N–H and O–H groups in total. The summed E-state index contributed by atoms with van der Waals surface area (Å²) in [5.41, 5.74) is 1.21. The van der Waals surface area contributed by atoms with Crippen molar-refractivity contribution in [1.82, 2.24) is 9.88 Å². The average Bonchev–Trinajstić information content (AvgIpc) is 3.04. The average molecular weight is 453 g/mol. The molecule has 1 aromatic heterocycles. The van der Waals surface area contributed by atoms with Crippen LogP contribution in [-0.4, -0.2) is 33.8 Å². The first-order chi connectivity index (χ1) is 15.4. The van der Waals surface area contributed by atoms with Crippen LogP contribution in [0.3, 0.4) is 0 Å². The largest absolute Gasteiger partial charge is 0.507 e. The van der Waals surface area contributed by atoms with Gasteiger partial charge in [-0.05, 0) is 47.5 Å². The normalized spacial score (nSPS) is 17.6. The number of nitrogens with zero attached hydrogens (tertiary/aromatic N) is 2. The molecule has 1 aliphatic rings. The molecule has 1 amide bonds. The zero-order valence-corrected chi connectivity index (χ0v) is 17.7. The van der Waals surface area contributed by atoms with E-state index in [1.807, 2.05) is 0 Å². The van der Waals surface area contributed by atoms with Crippen molar-refractivity contribution < 1.29 is 23.8 Å². The number of hydrogen-bond donors (Lipinski definition) is 1. The topological polar surface area (TPSA) is 79.7 Å². The van der Waals surface area contributed by atoms with Crippen LogP contribution in [0.15, 0.2) is 72.6 Å². The van der Waals surface area contributed by atoms with Crippen LogP contribution in [0.5, 0.6) is 5.75 Å². The molecule has 0 bridgehead atoms. The monoisotopic (exact) mass is 452 g/mol. The summed E-state index contributed by atoms with van der Waals surface area (Å²) in [5.74, 6) is -2.82. The summed E-state index contributed by atoms with van der Waals surface area (Å²) in [6.45, 7) is 0.0967. The number of rotatable bonds is 5. The van der Waals surface area contributed by atoms with E-state index in [4.69, 9.17) is 16.3 Å². The van der Waals surface area contributed by atoms with Crippen molar-refractivity contribution in [3.05, 3.63) is 100 Å². The molecule has 0 aliphatic carbocycles. The number of aliphatic hydroxyl groups is 1. The number of ketones is 1. The second kappa shape index (κ2) is 8.80. The number of aliphatic hydroxyl groups excluding tert-OH is 1. The number of benzene rings is 2. The van der Waals surface area contributed by atoms with Gasteiger partial charge in [0, 0.05) is 29.5 Å². The number of carbonyl (C=O) groups is 2. The summed E-state index contributed by atoms with van der Waals surface area (Å²) in [4.78, 5) is 31.4. The molecular weight excluding hydrogens is 435 g/mol. The van der Waals surface area contributed by atoms with E-state index in [9.17, 15) is 19.1 Å². The lowest BCUT2D eigenvalue weighted by Crippen LogP contribution is -2.29. The molecule has 1 saturated heterocycles. The Labute approximate surface area is 188 Å². The standard InChI is InChI=1S/C24H18ClFN2O4/c1-32-19-9-6-16(11-18(19)26)22(29)20-21(15-4-7-17(25)8-5-15)28(24(31)23(20)30)13-14-3-2-10-27-12-14/h2-12,21,29H,13H2,1H3/b22-20-. The van der Waals surface area contributed by atoms with Crippen LogP contribution in [0.4, 0.5) is 4.39 Å². The van der Waals surface area contributed by atoms with Crippen molar-refractivity contribution in [2.45, 2.75) is 12.6 Å². The molecule has 6 nitrogen and oxygen atoms in total. The first-order valence-electron chi connectivity index (χ1n) is 9.67. The van der Waals surface area contributed by atoms with Crippen LogP contribution in [0.25, 0.3) is 5.76 Å². The first-order valence-corrected chi connectivity index (χ1v) is 10.0. The number of Topliss-reactive ketones (excluding diaryl/α,β-unsaturated/α-hetero) is 1. The first kappa shape index (κ1) is 21.5. The van der Waals surface area contributed by atoms with Gasteiger partial charge in [-0.25, -0.2) is 4.39 Å². The Morgan fingerprint density at radius 2 is 1.94 bits per heavy atom. The lowest BCUT2D eigenvalue weighted by Gasteiger charge is -2.25. The van der Waals surface area contributed by atoms with Crippen molar-refractivity contribution in [1.29, 1.82) is 0 Å². The molecule has 32 heavy (non-hydrogen) atoms. The van der Waals surface area contributed by atoms with Gasteiger partial charge >= 0.3 is 0 Å². The Morgan fingerprint density at radius 3 is 2.56 bits per heavy atom. The van der Waals surface area contributed by atoms with Crippen LogP contribution < -0.4 is 4.74 Å². The maximum atomic E-state index is 14.3. The molecule has 1 aliphatic heterocycles. The van der Waals surface area contributed by atoms with Crippen molar-refractivity contribution in [3.63, 3.8) is 0 Å². The molecular formula is C24H18ClFN2O4. The van der Waals surface area contributed by atoms with Gasteiger partial charge in [0.15, 0.2) is 11.6 Å². The lowest BCUT2D eigenvalue weighted by atomic mass is 9.95. The van der Waals surface area contributed by atoms with E-state index in [1.54, 1.807) is 48.8 Å². The van der Waals surface area contributed by atoms with E-state index in [2.05, 4.69) is 4.98 Å². The molecule has 1 fully saturated rings. The number of halogens is 2. The van der Waals surface area contributed by atoms with Gasteiger partial charge in [0.05, 0.1) is 18.7 Å². The van der Waals surface area contributed by atoms with Gasteiger partial charge in [-0.1, -0.05) is 29.8 Å². The van der Waals surface area contributed by atoms with Crippen molar-refractivity contribution >= 4 is 29.1 Å². The fraction of sp³-hybridized carbons (Fsp3) is 0.125. The number of methoxy groups -OCH3 is 1. The summed E-state index contributed by atoms with van der Waals surface area (Å²) in [5, 5.41) is 11.5. The summed E-state index contributed by atoms with van der Waals surface area (Å²) in [6.07, 6.45) is 3.20. The third-order valence-corrected chi connectivity index (χ3v) is 5.48. The molecule has 1 atom stereocenters. The molecule has 162 valence electrons. The highest BCUT2D eigenvalue weighted by molar-refractivity contribution is 6.46. The summed E-state index contributed by atoms with van der Waals surface area (Å²) in [7, 11) is 1.32. The number of pyridine rings is 1. The SMILES string of the molecule is COc1ccc(/C(O)=C2/C(=O)C(=O)N(Cc3cccnc3)C2c2ccc(Cl)cc2)cc1F. The smallest absolute Gasteiger partial charge is 0.295 e. The molecule has 1 unspecified atom stereocenters. The predicted molar refractivity (Wildman–Crippen MR) is 116 cm³/mol. The Balaban J connectivity index is 1.86. The Hall–Kier alpha value is -3.71. The Kier molecular flexibility index (Phi) is 5.92. The van der Waals surface area contributed by atoms with Crippen molar-refractivity contribution in [2.75, 3.05) is 7.11 Å². The minimum Gasteiger partial charge on any atom is -0.507 e. The van der Waals surface area contributed by atoms with Gasteiger partial charge < -0.3 is 14.7 Å². The quantitative estimate of drug-likeness (QED) is 0.350. The van der Waals surface area contributed by atoms with Crippen molar-refractivity contribution in [2.24, 2.45) is 0 Å². The molecule has 0 saturated carbocycles. The fourth-order valence-corrected chi connectivity index (χ4v) is 3.82. The van der Waals surface area contributed by atoms with Gasteiger partial charge in [0.1, 0.15) is 5.76 Å². The Morgan fingerprint density at radius 1 is 1.19 bits per heavy atom. The van der Waals surface area contributed by atoms with E-state index in [0.29, 0.717) is 16.1 Å². The van der Waals surface area contributed by atoms with E-state index in [-0.39, 0.29) is 23.4 Å². The van der Waals surface area contributed by atoms with Crippen LogP contribution in [0, 0.1) is 5.82 Å². The minimum absolute atomic E-state index is 0.00664. The molecule has 4 rings (SSSR count). The second-order valence-corrected chi connectivity index (χ2v) is 7.63. The van der Waals surface area contributed by atoms with E-state index < -0.39 is 29.3 Å².